The van der Waals surface area contributed by atoms with Gasteiger partial charge in [-0.15, -0.1) is 0 Å². The number of amidine groups is 1. The van der Waals surface area contributed by atoms with Crippen molar-refractivity contribution >= 4 is 56.2 Å². The van der Waals surface area contributed by atoms with Crippen LogP contribution in [0.25, 0.3) is 6.08 Å². The molecule has 0 unspecified atom stereocenters. The van der Waals surface area contributed by atoms with E-state index < -0.39 is 0 Å². The number of hydrogen-bond donors (Lipinski definition) is 0. The summed E-state index contributed by atoms with van der Waals surface area (Å²) in [5.74, 6) is 1.25. The van der Waals surface area contributed by atoms with Crippen LogP contribution >= 0.6 is 27.7 Å². The Bertz CT molecular complexity index is 1080. The van der Waals surface area contributed by atoms with Crippen LogP contribution in [0.1, 0.15) is 31.7 Å². The molecular weight excluding hydrogens is 502 g/mol. The molecule has 0 bridgehead atoms. The summed E-state index contributed by atoms with van der Waals surface area (Å²) in [6.45, 7) is 4.74. The molecule has 2 aromatic carbocycles. The number of hydrogen-bond acceptors (Lipinski definition) is 6. The summed E-state index contributed by atoms with van der Waals surface area (Å²) in [7, 11) is 3.21. The monoisotopic (exact) mass is 529 g/mol. The topological polar surface area (TPSA) is 54.4 Å². The molecule has 2 saturated heterocycles. The molecule has 2 heterocycles. The Morgan fingerprint density at radius 2 is 1.76 bits per heavy atom. The molecule has 2 aromatic rings. The van der Waals surface area contributed by atoms with Gasteiger partial charge in [-0.05, 0) is 90.3 Å². The van der Waals surface area contributed by atoms with Crippen molar-refractivity contribution < 1.29 is 14.3 Å². The molecule has 2 aliphatic rings. The molecule has 0 aromatic heterocycles. The zero-order valence-corrected chi connectivity index (χ0v) is 21.5. The van der Waals surface area contributed by atoms with Crippen molar-refractivity contribution in [3.05, 3.63) is 51.3 Å². The standard InChI is InChI=1S/C25H28BrN3O3S/c1-4-29-24(30)23(15-17-14-20(26)22(32-3)16-21(17)31-2)33-25(29)27-18-8-10-19(11-9-18)28-12-6-5-7-13-28/h8-11,14-16H,4-7,12-13H2,1-3H3/b23-15-,27-25?. The number of methoxy groups -OCH3 is 2. The van der Waals surface area contributed by atoms with Gasteiger partial charge in [0.2, 0.25) is 0 Å². The van der Waals surface area contributed by atoms with Gasteiger partial charge in [-0.2, -0.15) is 0 Å². The van der Waals surface area contributed by atoms with Crippen molar-refractivity contribution in [1.29, 1.82) is 0 Å². The average molecular weight is 530 g/mol. The lowest BCUT2D eigenvalue weighted by Crippen LogP contribution is -2.29. The van der Waals surface area contributed by atoms with E-state index in [1.54, 1.807) is 25.2 Å². The van der Waals surface area contributed by atoms with Crippen molar-refractivity contribution in [2.45, 2.75) is 26.2 Å². The molecule has 0 atom stereocenters. The van der Waals surface area contributed by atoms with Crippen molar-refractivity contribution in [3.8, 4) is 11.5 Å². The van der Waals surface area contributed by atoms with Crippen LogP contribution in [-0.4, -0.2) is 49.8 Å². The molecule has 0 radical (unpaired) electrons. The number of nitrogens with zero attached hydrogens (tertiary/aromatic N) is 3. The number of piperidine rings is 1. The van der Waals surface area contributed by atoms with Gasteiger partial charge in [-0.3, -0.25) is 9.69 Å². The average Bonchev–Trinajstić information content (AvgIpc) is 3.13. The second-order valence-corrected chi connectivity index (χ2v) is 9.71. The number of aliphatic imine (C=N–C) groups is 1. The van der Waals surface area contributed by atoms with Crippen LogP contribution in [0.5, 0.6) is 11.5 Å². The molecule has 2 aliphatic heterocycles. The van der Waals surface area contributed by atoms with Gasteiger partial charge in [0.25, 0.3) is 5.91 Å². The number of rotatable bonds is 6. The number of carbonyl (C=O) groups is 1. The van der Waals surface area contributed by atoms with Crippen LogP contribution in [0, 0.1) is 0 Å². The van der Waals surface area contributed by atoms with Crippen LogP contribution < -0.4 is 14.4 Å². The highest BCUT2D eigenvalue weighted by molar-refractivity contribution is 9.10. The predicted molar refractivity (Wildman–Crippen MR) is 140 cm³/mol. The molecule has 6 nitrogen and oxygen atoms in total. The lowest BCUT2D eigenvalue weighted by atomic mass is 10.1. The maximum atomic E-state index is 13.1. The van der Waals surface area contributed by atoms with Crippen molar-refractivity contribution in [3.63, 3.8) is 0 Å². The van der Waals surface area contributed by atoms with Crippen molar-refractivity contribution in [1.82, 2.24) is 4.90 Å². The molecule has 8 heteroatoms. The van der Waals surface area contributed by atoms with Gasteiger partial charge in [0.15, 0.2) is 5.17 Å². The minimum Gasteiger partial charge on any atom is -0.496 e. The van der Waals surface area contributed by atoms with Crippen molar-refractivity contribution in [2.75, 3.05) is 38.8 Å². The van der Waals surface area contributed by atoms with Crippen LogP contribution in [0.4, 0.5) is 11.4 Å². The zero-order chi connectivity index (χ0) is 23.4. The van der Waals surface area contributed by atoms with Gasteiger partial charge in [0.05, 0.1) is 29.3 Å². The third-order valence-corrected chi connectivity index (χ3v) is 7.42. The Morgan fingerprint density at radius 3 is 2.39 bits per heavy atom. The van der Waals surface area contributed by atoms with Gasteiger partial charge in [-0.25, -0.2) is 4.99 Å². The molecular formula is C25H28BrN3O3S. The highest BCUT2D eigenvalue weighted by Gasteiger charge is 2.32. The number of likely N-dealkylation sites (N-methyl/N-ethyl adjacent to an activating group) is 1. The maximum absolute atomic E-state index is 13.1. The first-order valence-corrected chi connectivity index (χ1v) is 12.7. The largest absolute Gasteiger partial charge is 0.496 e. The molecule has 4 rings (SSSR count). The number of amides is 1. The third kappa shape index (κ3) is 5.22. The lowest BCUT2D eigenvalue weighted by molar-refractivity contribution is -0.122. The first-order chi connectivity index (χ1) is 16.0. The predicted octanol–water partition coefficient (Wildman–Crippen LogP) is 6.08. The summed E-state index contributed by atoms with van der Waals surface area (Å²) >= 11 is 4.90. The van der Waals surface area contributed by atoms with Gasteiger partial charge in [0, 0.05) is 37.0 Å². The summed E-state index contributed by atoms with van der Waals surface area (Å²) in [4.78, 5) is 22.6. The molecule has 0 N–H and O–H groups in total. The molecule has 33 heavy (non-hydrogen) atoms. The van der Waals surface area contributed by atoms with Crippen molar-refractivity contribution in [2.24, 2.45) is 4.99 Å². The molecule has 174 valence electrons. The first-order valence-electron chi connectivity index (χ1n) is 11.1. The molecule has 0 saturated carbocycles. The summed E-state index contributed by atoms with van der Waals surface area (Å²) < 4.78 is 11.7. The van der Waals surface area contributed by atoms with E-state index in [0.717, 1.165) is 28.8 Å². The van der Waals surface area contributed by atoms with E-state index in [9.17, 15) is 4.79 Å². The third-order valence-electron chi connectivity index (χ3n) is 5.79. The number of thioether (sulfide) groups is 1. The van der Waals surface area contributed by atoms with E-state index in [0.29, 0.717) is 28.1 Å². The smallest absolute Gasteiger partial charge is 0.266 e. The molecule has 1 amide bonds. The number of anilines is 1. The quantitative estimate of drug-likeness (QED) is 0.424. The van der Waals surface area contributed by atoms with E-state index in [4.69, 9.17) is 14.5 Å². The van der Waals surface area contributed by atoms with Crippen LogP contribution in [-0.2, 0) is 4.79 Å². The molecule has 0 aliphatic carbocycles. The van der Waals surface area contributed by atoms with Gasteiger partial charge in [0.1, 0.15) is 11.5 Å². The molecule has 2 fully saturated rings. The minimum absolute atomic E-state index is 0.0554. The number of benzene rings is 2. The number of ether oxygens (including phenoxy) is 2. The fourth-order valence-electron chi connectivity index (χ4n) is 4.01. The SMILES string of the molecule is CCN1C(=O)/C(=C/c2cc(Br)c(OC)cc2OC)SC1=Nc1ccc(N2CCCCC2)cc1. The molecule has 0 spiro atoms. The second kappa shape index (κ2) is 10.7. The van der Waals surface area contributed by atoms with Gasteiger partial charge >= 0.3 is 0 Å². The van der Waals surface area contributed by atoms with E-state index >= 15 is 0 Å². The minimum atomic E-state index is -0.0554. The van der Waals surface area contributed by atoms with E-state index in [2.05, 4.69) is 33.0 Å². The van der Waals surface area contributed by atoms with E-state index in [-0.39, 0.29) is 5.91 Å². The zero-order valence-electron chi connectivity index (χ0n) is 19.1. The Balaban J connectivity index is 1.59. The Morgan fingerprint density at radius 1 is 1.06 bits per heavy atom. The fraction of sp³-hybridized carbons (Fsp3) is 0.360. The number of halogens is 1. The summed E-state index contributed by atoms with van der Waals surface area (Å²) in [5, 5.41) is 0.686. The van der Waals surface area contributed by atoms with Gasteiger partial charge in [-0.1, -0.05) is 0 Å². The van der Waals surface area contributed by atoms with Crippen LogP contribution in [0.3, 0.4) is 0 Å². The second-order valence-electron chi connectivity index (χ2n) is 7.85. The van der Waals surface area contributed by atoms with E-state index in [1.807, 2.05) is 31.2 Å². The Kier molecular flexibility index (Phi) is 7.65. The van der Waals surface area contributed by atoms with E-state index in [1.165, 1.54) is 36.7 Å². The highest BCUT2D eigenvalue weighted by Crippen LogP contribution is 2.38. The normalized spacial score (nSPS) is 19.0. The number of carbonyl (C=O) groups excluding carboxylic acids is 1. The Labute approximate surface area is 207 Å². The lowest BCUT2D eigenvalue weighted by Gasteiger charge is -2.28. The van der Waals surface area contributed by atoms with Crippen LogP contribution in [0.2, 0.25) is 0 Å². The summed E-state index contributed by atoms with van der Waals surface area (Å²) in [6, 6.07) is 12.0. The summed E-state index contributed by atoms with van der Waals surface area (Å²) in [5.41, 5.74) is 2.87. The van der Waals surface area contributed by atoms with Gasteiger partial charge < -0.3 is 14.4 Å². The highest BCUT2D eigenvalue weighted by atomic mass is 79.9. The fourth-order valence-corrected chi connectivity index (χ4v) is 5.58. The Hall–Kier alpha value is -2.45. The summed E-state index contributed by atoms with van der Waals surface area (Å²) in [6.07, 6.45) is 5.66. The first kappa shape index (κ1) is 23.7. The maximum Gasteiger partial charge on any atom is 0.266 e. The van der Waals surface area contributed by atoms with Crippen LogP contribution in [0.15, 0.2) is 50.8 Å².